The molecule has 1 aliphatic rings. The number of likely N-dealkylation sites (tertiary alicyclic amines) is 1. The summed E-state index contributed by atoms with van der Waals surface area (Å²) in [5.74, 6) is 1.25. The lowest BCUT2D eigenvalue weighted by Crippen LogP contribution is -2.35. The van der Waals surface area contributed by atoms with E-state index >= 15 is 0 Å². The van der Waals surface area contributed by atoms with Crippen molar-refractivity contribution in [3.63, 3.8) is 0 Å². The predicted octanol–water partition coefficient (Wildman–Crippen LogP) is 0.819. The Morgan fingerprint density at radius 3 is 2.50 bits per heavy atom. The zero-order valence-electron chi connectivity index (χ0n) is 12.6. The Labute approximate surface area is 118 Å². The normalized spacial score (nSPS) is 23.2. The number of ether oxygens (including phenoxy) is 1. The van der Waals surface area contributed by atoms with Gasteiger partial charge in [-0.05, 0) is 27.7 Å². The van der Waals surface area contributed by atoms with Crippen molar-refractivity contribution in [3.8, 4) is 0 Å². The zero-order valence-corrected chi connectivity index (χ0v) is 12.6. The Morgan fingerprint density at radius 1 is 1.35 bits per heavy atom. The van der Waals surface area contributed by atoms with Crippen LogP contribution in [0.2, 0.25) is 0 Å². The Hall–Kier alpha value is -1.63. The molecule has 1 aliphatic heterocycles. The standard InChI is InChI=1S/C13H22N4O3/c1-8-14-15-11(16(8)5)9-6-17(7-10(9)18)12(19)20-13(2,3)4/h9-10,18H,6-7H2,1-5H3. The fourth-order valence-electron chi connectivity index (χ4n) is 2.26. The maximum atomic E-state index is 12.0. The van der Waals surface area contributed by atoms with Crippen LogP contribution >= 0.6 is 0 Å². The number of aryl methyl sites for hydroxylation is 1. The molecule has 1 fully saturated rings. The first-order valence-corrected chi connectivity index (χ1v) is 6.71. The van der Waals surface area contributed by atoms with Crippen LogP contribution in [0.25, 0.3) is 0 Å². The average Bonchev–Trinajstić information content (AvgIpc) is 2.82. The first-order chi connectivity index (χ1) is 9.19. The van der Waals surface area contributed by atoms with Gasteiger partial charge in [-0.2, -0.15) is 0 Å². The molecule has 0 spiro atoms. The lowest BCUT2D eigenvalue weighted by atomic mass is 10.1. The average molecular weight is 282 g/mol. The van der Waals surface area contributed by atoms with E-state index in [1.54, 1.807) is 0 Å². The minimum atomic E-state index is -0.648. The van der Waals surface area contributed by atoms with Crippen molar-refractivity contribution in [3.05, 3.63) is 11.6 Å². The molecule has 0 saturated carbocycles. The Kier molecular flexibility index (Phi) is 3.73. The quantitative estimate of drug-likeness (QED) is 0.824. The van der Waals surface area contributed by atoms with Gasteiger partial charge in [0.15, 0.2) is 0 Å². The van der Waals surface area contributed by atoms with Crippen molar-refractivity contribution in [2.24, 2.45) is 7.05 Å². The third-order valence-corrected chi connectivity index (χ3v) is 3.40. The summed E-state index contributed by atoms with van der Waals surface area (Å²) in [7, 11) is 1.85. The van der Waals surface area contributed by atoms with Crippen molar-refractivity contribution in [1.29, 1.82) is 0 Å². The highest BCUT2D eigenvalue weighted by Crippen LogP contribution is 2.27. The first kappa shape index (κ1) is 14.8. The van der Waals surface area contributed by atoms with Gasteiger partial charge in [0.25, 0.3) is 0 Å². The topological polar surface area (TPSA) is 80.5 Å². The number of aliphatic hydroxyl groups is 1. The van der Waals surface area contributed by atoms with E-state index in [0.29, 0.717) is 12.4 Å². The lowest BCUT2D eigenvalue weighted by Gasteiger charge is -2.24. The molecule has 0 aliphatic carbocycles. The third kappa shape index (κ3) is 2.92. The second-order valence-corrected chi connectivity index (χ2v) is 6.22. The van der Waals surface area contributed by atoms with E-state index in [1.807, 2.05) is 39.3 Å². The number of hydrogen-bond donors (Lipinski definition) is 1. The summed E-state index contributed by atoms with van der Waals surface area (Å²) in [6.45, 7) is 7.96. The summed E-state index contributed by atoms with van der Waals surface area (Å²) in [5.41, 5.74) is -0.540. The summed E-state index contributed by atoms with van der Waals surface area (Å²) in [6, 6.07) is 0. The molecule has 1 aromatic heterocycles. The van der Waals surface area contributed by atoms with Crippen LogP contribution in [0.4, 0.5) is 4.79 Å². The number of rotatable bonds is 1. The maximum Gasteiger partial charge on any atom is 0.410 e. The molecular weight excluding hydrogens is 260 g/mol. The molecule has 2 heterocycles. The number of aliphatic hydroxyl groups excluding tert-OH is 1. The summed E-state index contributed by atoms with van der Waals surface area (Å²) in [5, 5.41) is 18.2. The maximum absolute atomic E-state index is 12.0. The molecule has 2 atom stereocenters. The molecule has 7 nitrogen and oxygen atoms in total. The SMILES string of the molecule is Cc1nnc(C2CN(C(=O)OC(C)(C)C)CC2O)n1C. The Morgan fingerprint density at radius 2 is 2.00 bits per heavy atom. The molecular formula is C13H22N4O3. The van der Waals surface area contributed by atoms with E-state index in [2.05, 4.69) is 10.2 Å². The second kappa shape index (κ2) is 5.05. The Bertz CT molecular complexity index is 506. The molecule has 1 saturated heterocycles. The summed E-state index contributed by atoms with van der Waals surface area (Å²) >= 11 is 0. The molecule has 1 N–H and O–H groups in total. The highest BCUT2D eigenvalue weighted by molar-refractivity contribution is 5.68. The van der Waals surface area contributed by atoms with Gasteiger partial charge in [-0.3, -0.25) is 0 Å². The van der Waals surface area contributed by atoms with Crippen LogP contribution in [-0.4, -0.2) is 55.7 Å². The van der Waals surface area contributed by atoms with Crippen molar-refractivity contribution in [2.75, 3.05) is 13.1 Å². The summed E-state index contributed by atoms with van der Waals surface area (Å²) in [6.07, 6.45) is -1.05. The number of aromatic nitrogens is 3. The van der Waals surface area contributed by atoms with Gasteiger partial charge in [-0.25, -0.2) is 4.79 Å². The van der Waals surface area contributed by atoms with Crippen molar-refractivity contribution < 1.29 is 14.6 Å². The van der Waals surface area contributed by atoms with E-state index < -0.39 is 17.8 Å². The van der Waals surface area contributed by atoms with Crippen LogP contribution in [0.5, 0.6) is 0 Å². The van der Waals surface area contributed by atoms with Crippen molar-refractivity contribution in [1.82, 2.24) is 19.7 Å². The number of hydrogen-bond acceptors (Lipinski definition) is 5. The highest BCUT2D eigenvalue weighted by Gasteiger charge is 2.39. The van der Waals surface area contributed by atoms with Gasteiger partial charge >= 0.3 is 6.09 Å². The number of carbonyl (C=O) groups is 1. The minimum absolute atomic E-state index is 0.228. The monoisotopic (exact) mass is 282 g/mol. The van der Waals surface area contributed by atoms with Gasteiger partial charge in [0.1, 0.15) is 17.2 Å². The van der Waals surface area contributed by atoms with E-state index in [4.69, 9.17) is 4.74 Å². The van der Waals surface area contributed by atoms with Gasteiger partial charge < -0.3 is 19.3 Å². The Balaban J connectivity index is 2.09. The molecule has 0 bridgehead atoms. The van der Waals surface area contributed by atoms with E-state index in [-0.39, 0.29) is 12.5 Å². The molecule has 0 aromatic carbocycles. The number of nitrogens with zero attached hydrogens (tertiary/aromatic N) is 4. The van der Waals surface area contributed by atoms with Crippen LogP contribution in [-0.2, 0) is 11.8 Å². The van der Waals surface area contributed by atoms with Gasteiger partial charge in [-0.15, -0.1) is 10.2 Å². The van der Waals surface area contributed by atoms with Crippen LogP contribution in [0, 0.1) is 6.92 Å². The van der Waals surface area contributed by atoms with Gasteiger partial charge in [0, 0.05) is 13.6 Å². The van der Waals surface area contributed by atoms with Gasteiger partial charge in [0.2, 0.25) is 0 Å². The molecule has 7 heteroatoms. The lowest BCUT2D eigenvalue weighted by molar-refractivity contribution is 0.0270. The summed E-state index contributed by atoms with van der Waals surface area (Å²) < 4.78 is 7.16. The smallest absolute Gasteiger partial charge is 0.410 e. The van der Waals surface area contributed by atoms with Gasteiger partial charge in [-0.1, -0.05) is 0 Å². The van der Waals surface area contributed by atoms with Crippen molar-refractivity contribution >= 4 is 6.09 Å². The molecule has 2 unspecified atom stereocenters. The number of carbonyl (C=O) groups excluding carboxylic acids is 1. The molecule has 0 radical (unpaired) electrons. The fourth-order valence-corrected chi connectivity index (χ4v) is 2.26. The zero-order chi connectivity index (χ0) is 15.1. The minimum Gasteiger partial charge on any atom is -0.444 e. The van der Waals surface area contributed by atoms with E-state index in [0.717, 1.165) is 5.82 Å². The van der Waals surface area contributed by atoms with Gasteiger partial charge in [0.05, 0.1) is 18.6 Å². The van der Waals surface area contributed by atoms with Crippen LogP contribution < -0.4 is 0 Å². The summed E-state index contributed by atoms with van der Waals surface area (Å²) in [4.78, 5) is 13.5. The van der Waals surface area contributed by atoms with Crippen molar-refractivity contribution in [2.45, 2.75) is 45.3 Å². The van der Waals surface area contributed by atoms with Crippen LogP contribution in [0.15, 0.2) is 0 Å². The molecule has 2 rings (SSSR count). The van der Waals surface area contributed by atoms with Crippen LogP contribution in [0.3, 0.4) is 0 Å². The number of amides is 1. The number of β-amino-alcohol motifs (C(OH)–C–C–N with tert-alkyl or cyclic N) is 1. The first-order valence-electron chi connectivity index (χ1n) is 6.71. The largest absolute Gasteiger partial charge is 0.444 e. The highest BCUT2D eigenvalue weighted by atomic mass is 16.6. The molecule has 1 amide bonds. The molecule has 1 aromatic rings. The van der Waals surface area contributed by atoms with Crippen LogP contribution in [0.1, 0.15) is 38.3 Å². The molecule has 20 heavy (non-hydrogen) atoms. The van der Waals surface area contributed by atoms with E-state index in [1.165, 1.54) is 4.90 Å². The fraction of sp³-hybridized carbons (Fsp3) is 0.769. The third-order valence-electron chi connectivity index (χ3n) is 3.40. The molecule has 112 valence electrons. The predicted molar refractivity (Wildman–Crippen MR) is 72.3 cm³/mol. The van der Waals surface area contributed by atoms with E-state index in [9.17, 15) is 9.90 Å². The second-order valence-electron chi connectivity index (χ2n) is 6.22.